The van der Waals surface area contributed by atoms with Crippen LogP contribution in [-0.4, -0.2) is 0 Å². The Morgan fingerprint density at radius 2 is 0.674 bits per heavy atom. The van der Waals surface area contributed by atoms with Gasteiger partial charge >= 0.3 is 0 Å². The van der Waals surface area contributed by atoms with Gasteiger partial charge in [-0.3, -0.25) is 0 Å². The highest BCUT2D eigenvalue weighted by atomic mass is 14.5. The molecule has 246 valence electrons. The largest absolute Gasteiger partial charge is 0.399 e. The van der Waals surface area contributed by atoms with Crippen molar-refractivity contribution in [3.8, 4) is 0 Å². The van der Waals surface area contributed by atoms with Crippen LogP contribution in [0.25, 0.3) is 0 Å². The van der Waals surface area contributed by atoms with Crippen LogP contribution in [-0.2, 0) is 38.5 Å². The average molecular weight is 617 g/mol. The van der Waals surface area contributed by atoms with Gasteiger partial charge in [0.15, 0.2) is 0 Å². The standard InChI is InChI=1S/C44H60N2/c1-3-5-15-41-33-37(31-35-21-27-43(45)28-22-35)19-25-39(41)17-13-11-9-7-8-10-12-14-18-40-26-20-38(34-42(40)16-6-4-2)32-36-23-29-44(46)30-24-36/h19-30,33-34H,3-18,31-32,45-46H2,1-2H3. The summed E-state index contributed by atoms with van der Waals surface area (Å²) in [5.41, 5.74) is 25.2. The van der Waals surface area contributed by atoms with E-state index in [0.717, 1.165) is 24.2 Å². The Morgan fingerprint density at radius 3 is 1.04 bits per heavy atom. The van der Waals surface area contributed by atoms with E-state index >= 15 is 0 Å². The monoisotopic (exact) mass is 616 g/mol. The molecule has 46 heavy (non-hydrogen) atoms. The summed E-state index contributed by atoms with van der Waals surface area (Å²) in [6.45, 7) is 4.59. The maximum Gasteiger partial charge on any atom is 0.0314 e. The molecule has 2 heteroatoms. The van der Waals surface area contributed by atoms with Crippen molar-refractivity contribution >= 4 is 11.4 Å². The Morgan fingerprint density at radius 1 is 0.348 bits per heavy atom. The summed E-state index contributed by atoms with van der Waals surface area (Å²) in [6, 6.07) is 31.1. The van der Waals surface area contributed by atoms with Gasteiger partial charge in [0.1, 0.15) is 0 Å². The molecule has 0 aliphatic carbocycles. The molecule has 0 saturated carbocycles. The molecule has 4 aromatic rings. The van der Waals surface area contributed by atoms with E-state index in [1.54, 1.807) is 22.3 Å². The van der Waals surface area contributed by atoms with E-state index in [2.05, 4.69) is 74.5 Å². The molecule has 0 unspecified atom stereocenters. The van der Waals surface area contributed by atoms with Gasteiger partial charge in [0, 0.05) is 11.4 Å². The van der Waals surface area contributed by atoms with E-state index in [1.807, 2.05) is 24.3 Å². The third-order valence-corrected chi connectivity index (χ3v) is 9.56. The highest BCUT2D eigenvalue weighted by Gasteiger charge is 2.08. The predicted molar refractivity (Wildman–Crippen MR) is 202 cm³/mol. The number of benzene rings is 4. The average Bonchev–Trinajstić information content (AvgIpc) is 3.07. The van der Waals surface area contributed by atoms with Gasteiger partial charge in [0.2, 0.25) is 0 Å². The van der Waals surface area contributed by atoms with Crippen LogP contribution in [0.1, 0.15) is 135 Å². The molecule has 0 heterocycles. The van der Waals surface area contributed by atoms with Gasteiger partial charge in [-0.1, -0.05) is 126 Å². The van der Waals surface area contributed by atoms with Crippen LogP contribution in [0, 0.1) is 0 Å². The van der Waals surface area contributed by atoms with E-state index in [-0.39, 0.29) is 0 Å². The summed E-state index contributed by atoms with van der Waals surface area (Å²) < 4.78 is 0. The van der Waals surface area contributed by atoms with Crippen LogP contribution in [0.3, 0.4) is 0 Å². The van der Waals surface area contributed by atoms with Gasteiger partial charge in [-0.15, -0.1) is 0 Å². The Bertz CT molecular complexity index is 1310. The fraction of sp³-hybridized carbons (Fsp3) is 0.455. The van der Waals surface area contributed by atoms with Gasteiger partial charge in [0.25, 0.3) is 0 Å². The number of hydrogen-bond acceptors (Lipinski definition) is 2. The SMILES string of the molecule is CCCCc1cc(Cc2ccc(N)cc2)ccc1CCCCCCCCCCc1ccc(Cc2ccc(N)cc2)cc1CCCC. The molecular formula is C44H60N2. The van der Waals surface area contributed by atoms with E-state index < -0.39 is 0 Å². The molecule has 4 N–H and O–H groups in total. The molecule has 0 saturated heterocycles. The third kappa shape index (κ3) is 12.3. The molecule has 0 radical (unpaired) electrons. The van der Waals surface area contributed by atoms with Crippen LogP contribution in [0.5, 0.6) is 0 Å². The quantitative estimate of drug-likeness (QED) is 0.0723. The van der Waals surface area contributed by atoms with Gasteiger partial charge in [-0.2, -0.15) is 0 Å². The topological polar surface area (TPSA) is 52.0 Å². The van der Waals surface area contributed by atoms with Crippen molar-refractivity contribution in [2.45, 2.75) is 129 Å². The Kier molecular flexibility index (Phi) is 15.3. The van der Waals surface area contributed by atoms with Gasteiger partial charge in [0.05, 0.1) is 0 Å². The van der Waals surface area contributed by atoms with Crippen LogP contribution in [0.2, 0.25) is 0 Å². The molecule has 2 nitrogen and oxygen atoms in total. The molecule has 0 spiro atoms. The second-order valence-corrected chi connectivity index (χ2v) is 13.6. The van der Waals surface area contributed by atoms with Gasteiger partial charge in [-0.05, 0) is 133 Å². The zero-order valence-electron chi connectivity index (χ0n) is 29.0. The summed E-state index contributed by atoms with van der Waals surface area (Å²) in [5.74, 6) is 0. The Balaban J connectivity index is 1.13. The number of unbranched alkanes of at least 4 members (excludes halogenated alkanes) is 9. The molecule has 0 fully saturated rings. The first kappa shape index (κ1) is 35.3. The second kappa shape index (κ2) is 19.9. The Labute approximate surface area is 281 Å². The van der Waals surface area contributed by atoms with Crippen molar-refractivity contribution in [1.29, 1.82) is 0 Å². The highest BCUT2D eigenvalue weighted by molar-refractivity contribution is 5.43. The lowest BCUT2D eigenvalue weighted by atomic mass is 9.93. The molecule has 0 amide bonds. The van der Waals surface area contributed by atoms with Crippen LogP contribution >= 0.6 is 0 Å². The summed E-state index contributed by atoms with van der Waals surface area (Å²) in [4.78, 5) is 0. The van der Waals surface area contributed by atoms with Gasteiger partial charge in [-0.25, -0.2) is 0 Å². The third-order valence-electron chi connectivity index (χ3n) is 9.56. The first-order valence-corrected chi connectivity index (χ1v) is 18.4. The predicted octanol–water partition coefficient (Wildman–Crippen LogP) is 11.6. The first-order chi connectivity index (χ1) is 22.5. The van der Waals surface area contributed by atoms with Crippen molar-refractivity contribution < 1.29 is 0 Å². The fourth-order valence-electron chi connectivity index (χ4n) is 6.70. The van der Waals surface area contributed by atoms with Crippen molar-refractivity contribution in [3.05, 3.63) is 129 Å². The second-order valence-electron chi connectivity index (χ2n) is 13.6. The lowest BCUT2D eigenvalue weighted by Crippen LogP contribution is -1.99. The van der Waals surface area contributed by atoms with Crippen LogP contribution in [0.15, 0.2) is 84.9 Å². The molecule has 0 atom stereocenters. The minimum atomic E-state index is 0.836. The molecule has 0 aromatic heterocycles. The smallest absolute Gasteiger partial charge is 0.0314 e. The minimum absolute atomic E-state index is 0.836. The Hall–Kier alpha value is -3.52. The lowest BCUT2D eigenvalue weighted by molar-refractivity contribution is 0.566. The fourth-order valence-corrected chi connectivity index (χ4v) is 6.70. The number of anilines is 2. The summed E-state index contributed by atoms with van der Waals surface area (Å²) in [5, 5.41) is 0. The number of rotatable bonds is 21. The minimum Gasteiger partial charge on any atom is -0.399 e. The maximum absolute atomic E-state index is 5.88. The molecule has 0 aliphatic rings. The number of hydrogen-bond donors (Lipinski definition) is 2. The van der Waals surface area contributed by atoms with Crippen molar-refractivity contribution in [2.75, 3.05) is 11.5 Å². The van der Waals surface area contributed by atoms with Gasteiger partial charge < -0.3 is 11.5 Å². The molecular weight excluding hydrogens is 556 g/mol. The number of nitrogen functional groups attached to an aromatic ring is 2. The van der Waals surface area contributed by atoms with Crippen LogP contribution in [0.4, 0.5) is 11.4 Å². The zero-order chi connectivity index (χ0) is 32.4. The van der Waals surface area contributed by atoms with Crippen molar-refractivity contribution in [1.82, 2.24) is 0 Å². The summed E-state index contributed by atoms with van der Waals surface area (Å²) >= 11 is 0. The normalized spacial score (nSPS) is 11.3. The molecule has 4 rings (SSSR count). The molecule has 4 aromatic carbocycles. The molecule has 0 bridgehead atoms. The maximum atomic E-state index is 5.88. The highest BCUT2D eigenvalue weighted by Crippen LogP contribution is 2.23. The van der Waals surface area contributed by atoms with Crippen LogP contribution < -0.4 is 11.5 Å². The first-order valence-electron chi connectivity index (χ1n) is 18.4. The number of aryl methyl sites for hydroxylation is 4. The summed E-state index contributed by atoms with van der Waals surface area (Å²) in [7, 11) is 0. The lowest BCUT2D eigenvalue weighted by Gasteiger charge is -2.13. The zero-order valence-corrected chi connectivity index (χ0v) is 29.0. The van der Waals surface area contributed by atoms with E-state index in [0.29, 0.717) is 0 Å². The van der Waals surface area contributed by atoms with Crippen molar-refractivity contribution in [2.24, 2.45) is 0 Å². The van der Waals surface area contributed by atoms with Crippen molar-refractivity contribution in [3.63, 3.8) is 0 Å². The summed E-state index contributed by atoms with van der Waals surface area (Å²) in [6.07, 6.45) is 22.7. The number of nitrogens with two attached hydrogens (primary N) is 2. The van der Waals surface area contributed by atoms with E-state index in [9.17, 15) is 0 Å². The van der Waals surface area contributed by atoms with E-state index in [4.69, 9.17) is 11.5 Å². The van der Waals surface area contributed by atoms with E-state index in [1.165, 1.54) is 125 Å². The molecule has 0 aliphatic heterocycles.